The van der Waals surface area contributed by atoms with E-state index in [1.807, 2.05) is 24.3 Å². The molecule has 0 aromatic heterocycles. The zero-order valence-corrected chi connectivity index (χ0v) is 10.3. The van der Waals surface area contributed by atoms with Crippen molar-refractivity contribution in [2.24, 2.45) is 0 Å². The second kappa shape index (κ2) is 6.58. The highest BCUT2D eigenvalue weighted by Crippen LogP contribution is 2.23. The monoisotopic (exact) mass is 234 g/mol. The Morgan fingerprint density at radius 1 is 1.47 bits per heavy atom. The van der Waals surface area contributed by atoms with Gasteiger partial charge in [-0.15, -0.1) is 0 Å². The van der Waals surface area contributed by atoms with Gasteiger partial charge in [0, 0.05) is 14.1 Å². The Kier molecular flexibility index (Phi) is 5.07. The Bertz CT molecular complexity index is 389. The van der Waals surface area contributed by atoms with E-state index >= 15 is 0 Å². The summed E-state index contributed by atoms with van der Waals surface area (Å²) in [5.41, 5.74) is 0.810. The van der Waals surface area contributed by atoms with Gasteiger partial charge in [-0.05, 0) is 12.1 Å². The van der Waals surface area contributed by atoms with E-state index in [4.69, 9.17) is 4.74 Å². The lowest BCUT2D eigenvalue weighted by molar-refractivity contribution is -0.126. The number of carbonyl (C=O) groups is 1. The van der Waals surface area contributed by atoms with Crippen molar-refractivity contribution in [3.63, 3.8) is 0 Å². The fourth-order valence-electron chi connectivity index (χ4n) is 1.22. The number of amides is 1. The van der Waals surface area contributed by atoms with Crippen LogP contribution < -0.4 is 10.1 Å². The standard InChI is InChI=1S/C13H18N2O2/c1-4-9-17-12-8-6-5-7-11(12)14-10-13(16)15(2)3/h4-8,14H,1,9-10H2,2-3H3. The number of nitrogens with one attached hydrogen (secondary N) is 1. The minimum absolute atomic E-state index is 0.0172. The van der Waals surface area contributed by atoms with Crippen molar-refractivity contribution in [1.82, 2.24) is 4.90 Å². The van der Waals surface area contributed by atoms with Gasteiger partial charge in [0.1, 0.15) is 12.4 Å². The molecule has 4 nitrogen and oxygen atoms in total. The first kappa shape index (κ1) is 13.1. The van der Waals surface area contributed by atoms with Crippen molar-refractivity contribution in [1.29, 1.82) is 0 Å². The van der Waals surface area contributed by atoms with Crippen molar-refractivity contribution in [2.45, 2.75) is 0 Å². The van der Waals surface area contributed by atoms with Crippen LogP contribution in [0.3, 0.4) is 0 Å². The van der Waals surface area contributed by atoms with Gasteiger partial charge in [0.15, 0.2) is 0 Å². The summed E-state index contributed by atoms with van der Waals surface area (Å²) in [5, 5.41) is 3.05. The molecule has 0 saturated carbocycles. The molecule has 1 amide bonds. The van der Waals surface area contributed by atoms with Crippen LogP contribution in [-0.4, -0.2) is 38.1 Å². The van der Waals surface area contributed by atoms with E-state index in [1.54, 1.807) is 25.1 Å². The number of rotatable bonds is 6. The largest absolute Gasteiger partial charge is 0.487 e. The van der Waals surface area contributed by atoms with E-state index in [0.29, 0.717) is 6.61 Å². The zero-order valence-electron chi connectivity index (χ0n) is 10.3. The predicted octanol–water partition coefficient (Wildman–Crippen LogP) is 1.75. The number of nitrogens with zero attached hydrogens (tertiary/aromatic N) is 1. The second-order valence-corrected chi connectivity index (χ2v) is 3.74. The molecule has 0 fully saturated rings. The van der Waals surface area contributed by atoms with E-state index in [1.165, 1.54) is 0 Å². The molecule has 0 bridgehead atoms. The normalized spacial score (nSPS) is 9.53. The van der Waals surface area contributed by atoms with Gasteiger partial charge in [0.2, 0.25) is 5.91 Å². The Morgan fingerprint density at radius 3 is 2.82 bits per heavy atom. The summed E-state index contributed by atoms with van der Waals surface area (Å²) < 4.78 is 5.47. The molecule has 0 saturated heterocycles. The molecule has 0 aliphatic rings. The summed E-state index contributed by atoms with van der Waals surface area (Å²) in [4.78, 5) is 13.0. The average molecular weight is 234 g/mol. The van der Waals surface area contributed by atoms with Crippen LogP contribution in [0.1, 0.15) is 0 Å². The van der Waals surface area contributed by atoms with Crippen molar-refractivity contribution in [3.05, 3.63) is 36.9 Å². The fourth-order valence-corrected chi connectivity index (χ4v) is 1.22. The lowest BCUT2D eigenvalue weighted by Gasteiger charge is -2.14. The molecule has 0 spiro atoms. The van der Waals surface area contributed by atoms with Crippen LogP contribution in [0.2, 0.25) is 0 Å². The second-order valence-electron chi connectivity index (χ2n) is 3.74. The van der Waals surface area contributed by atoms with E-state index < -0.39 is 0 Å². The number of ether oxygens (including phenoxy) is 1. The Labute approximate surface area is 102 Å². The minimum Gasteiger partial charge on any atom is -0.487 e. The van der Waals surface area contributed by atoms with Gasteiger partial charge in [0.05, 0.1) is 12.2 Å². The first-order valence-electron chi connectivity index (χ1n) is 5.42. The first-order chi connectivity index (χ1) is 8.15. The zero-order chi connectivity index (χ0) is 12.7. The smallest absolute Gasteiger partial charge is 0.241 e. The van der Waals surface area contributed by atoms with Crippen LogP contribution in [0.15, 0.2) is 36.9 Å². The topological polar surface area (TPSA) is 41.6 Å². The molecule has 1 rings (SSSR count). The van der Waals surface area contributed by atoms with E-state index in [2.05, 4.69) is 11.9 Å². The molecule has 17 heavy (non-hydrogen) atoms. The summed E-state index contributed by atoms with van der Waals surface area (Å²) in [6.07, 6.45) is 1.68. The summed E-state index contributed by atoms with van der Waals surface area (Å²) >= 11 is 0. The highest BCUT2D eigenvalue weighted by molar-refractivity contribution is 5.80. The van der Waals surface area contributed by atoms with Crippen LogP contribution in [-0.2, 0) is 4.79 Å². The number of para-hydroxylation sites is 2. The molecule has 0 unspecified atom stereocenters. The average Bonchev–Trinajstić information content (AvgIpc) is 2.34. The summed E-state index contributed by atoms with van der Waals surface area (Å²) in [6.45, 7) is 4.29. The number of hydrogen-bond acceptors (Lipinski definition) is 3. The molecule has 1 aromatic rings. The number of carbonyl (C=O) groups excluding carboxylic acids is 1. The molecule has 0 radical (unpaired) electrons. The number of hydrogen-bond donors (Lipinski definition) is 1. The summed E-state index contributed by atoms with van der Waals surface area (Å²) in [6, 6.07) is 7.51. The van der Waals surface area contributed by atoms with Gasteiger partial charge < -0.3 is 15.0 Å². The van der Waals surface area contributed by atoms with Crippen molar-refractivity contribution < 1.29 is 9.53 Å². The van der Waals surface area contributed by atoms with Crippen molar-refractivity contribution >= 4 is 11.6 Å². The molecule has 0 heterocycles. The third-order valence-electron chi connectivity index (χ3n) is 2.17. The van der Waals surface area contributed by atoms with Crippen LogP contribution in [0.4, 0.5) is 5.69 Å². The predicted molar refractivity (Wildman–Crippen MR) is 69.3 cm³/mol. The van der Waals surface area contributed by atoms with Crippen LogP contribution in [0, 0.1) is 0 Å². The van der Waals surface area contributed by atoms with Gasteiger partial charge in [-0.2, -0.15) is 0 Å². The van der Waals surface area contributed by atoms with Gasteiger partial charge in [-0.1, -0.05) is 24.8 Å². The maximum atomic E-state index is 11.4. The molecule has 4 heteroatoms. The maximum absolute atomic E-state index is 11.4. The summed E-state index contributed by atoms with van der Waals surface area (Å²) in [7, 11) is 3.45. The molecule has 1 aromatic carbocycles. The van der Waals surface area contributed by atoms with E-state index in [0.717, 1.165) is 11.4 Å². The lowest BCUT2D eigenvalue weighted by Crippen LogP contribution is -2.28. The third kappa shape index (κ3) is 4.18. The number of likely N-dealkylation sites (N-methyl/N-ethyl adjacent to an activating group) is 1. The number of anilines is 1. The van der Waals surface area contributed by atoms with Crippen LogP contribution in [0.5, 0.6) is 5.75 Å². The van der Waals surface area contributed by atoms with Gasteiger partial charge >= 0.3 is 0 Å². The Morgan fingerprint density at radius 2 is 2.18 bits per heavy atom. The first-order valence-corrected chi connectivity index (χ1v) is 5.42. The van der Waals surface area contributed by atoms with E-state index in [-0.39, 0.29) is 12.5 Å². The van der Waals surface area contributed by atoms with Crippen molar-refractivity contribution in [3.8, 4) is 5.75 Å². The Balaban J connectivity index is 2.63. The molecule has 0 aliphatic carbocycles. The van der Waals surface area contributed by atoms with Gasteiger partial charge in [-0.25, -0.2) is 0 Å². The van der Waals surface area contributed by atoms with Crippen LogP contribution >= 0.6 is 0 Å². The quantitative estimate of drug-likeness (QED) is 0.762. The SMILES string of the molecule is C=CCOc1ccccc1NCC(=O)N(C)C. The fraction of sp³-hybridized carbons (Fsp3) is 0.308. The molecule has 92 valence electrons. The minimum atomic E-state index is 0.0172. The molecule has 0 atom stereocenters. The molecular weight excluding hydrogens is 216 g/mol. The van der Waals surface area contributed by atoms with E-state index in [9.17, 15) is 4.79 Å². The van der Waals surface area contributed by atoms with Gasteiger partial charge in [-0.3, -0.25) is 4.79 Å². The molecule has 1 N–H and O–H groups in total. The third-order valence-corrected chi connectivity index (χ3v) is 2.17. The van der Waals surface area contributed by atoms with Crippen LogP contribution in [0.25, 0.3) is 0 Å². The molecule has 0 aliphatic heterocycles. The van der Waals surface area contributed by atoms with Crippen molar-refractivity contribution in [2.75, 3.05) is 32.6 Å². The van der Waals surface area contributed by atoms with Gasteiger partial charge in [0.25, 0.3) is 0 Å². The highest BCUT2D eigenvalue weighted by atomic mass is 16.5. The summed E-state index contributed by atoms with van der Waals surface area (Å²) in [5.74, 6) is 0.738. The molecular formula is C13H18N2O2. The number of benzene rings is 1. The lowest BCUT2D eigenvalue weighted by atomic mass is 10.3. The highest BCUT2D eigenvalue weighted by Gasteiger charge is 2.06. The Hall–Kier alpha value is -1.97. The maximum Gasteiger partial charge on any atom is 0.241 e.